The van der Waals surface area contributed by atoms with E-state index in [0.29, 0.717) is 12.3 Å². The summed E-state index contributed by atoms with van der Waals surface area (Å²) in [7, 11) is 1.70. The van der Waals surface area contributed by atoms with Crippen LogP contribution in [0.2, 0.25) is 0 Å². The van der Waals surface area contributed by atoms with Gasteiger partial charge in [0.05, 0.1) is 12.8 Å². The molecule has 11 heavy (non-hydrogen) atoms. The highest BCUT2D eigenvalue weighted by Crippen LogP contribution is 1.95. The Morgan fingerprint density at radius 1 is 1.91 bits per heavy atom. The van der Waals surface area contributed by atoms with Gasteiger partial charge < -0.3 is 4.74 Å². The minimum Gasteiger partial charge on any atom is -0.461 e. The van der Waals surface area contributed by atoms with Crippen LogP contribution in [0.15, 0.2) is 6.07 Å². The first-order valence-electron chi connectivity index (χ1n) is 3.33. The van der Waals surface area contributed by atoms with Crippen LogP contribution >= 0.6 is 0 Å². The summed E-state index contributed by atoms with van der Waals surface area (Å²) in [5.41, 5.74) is 0.300. The van der Waals surface area contributed by atoms with Gasteiger partial charge in [0.1, 0.15) is 0 Å². The molecule has 4 heteroatoms. The number of nitrogens with zero attached hydrogens (tertiary/aromatic N) is 2. The molecule has 0 fully saturated rings. The van der Waals surface area contributed by atoms with E-state index in [1.165, 1.54) is 10.7 Å². The first kappa shape index (κ1) is 7.78. The average Bonchev–Trinajstić information content (AvgIpc) is 2.36. The van der Waals surface area contributed by atoms with E-state index in [0.717, 1.165) is 0 Å². The molecule has 1 aromatic heterocycles. The summed E-state index contributed by atoms with van der Waals surface area (Å²) in [6.07, 6.45) is 2.71. The maximum absolute atomic E-state index is 10.9. The summed E-state index contributed by atoms with van der Waals surface area (Å²) in [4.78, 5) is 10.9. The molecule has 1 rings (SSSR count). The van der Waals surface area contributed by atoms with Crippen molar-refractivity contribution in [2.24, 2.45) is 7.05 Å². The van der Waals surface area contributed by atoms with Gasteiger partial charge in [-0.05, 0) is 6.92 Å². The molecule has 1 heterocycles. The van der Waals surface area contributed by atoms with Gasteiger partial charge in [0.25, 0.3) is 0 Å². The standard InChI is InChI=1S/C7H9N2O2/c1-3-11-7(10)6-4-5-9(2)8-6/h4H,3H2,1-2H3. The predicted molar refractivity (Wildman–Crippen MR) is 38.0 cm³/mol. The number of hydrogen-bond donors (Lipinski definition) is 0. The van der Waals surface area contributed by atoms with E-state index in [-0.39, 0.29) is 0 Å². The lowest BCUT2D eigenvalue weighted by atomic mass is 10.4. The molecule has 0 aliphatic rings. The summed E-state index contributed by atoms with van der Waals surface area (Å²) < 4.78 is 6.14. The Kier molecular flexibility index (Phi) is 2.25. The monoisotopic (exact) mass is 153 g/mol. The van der Waals surface area contributed by atoms with E-state index in [1.807, 2.05) is 0 Å². The molecule has 0 saturated carbocycles. The first-order valence-corrected chi connectivity index (χ1v) is 3.33. The van der Waals surface area contributed by atoms with Crippen LogP contribution in [-0.4, -0.2) is 22.4 Å². The topological polar surface area (TPSA) is 44.1 Å². The maximum atomic E-state index is 10.9. The van der Waals surface area contributed by atoms with E-state index < -0.39 is 5.97 Å². The molecule has 4 nitrogen and oxygen atoms in total. The number of carbonyl (C=O) groups is 1. The number of aromatic nitrogens is 2. The van der Waals surface area contributed by atoms with Gasteiger partial charge in [-0.3, -0.25) is 4.68 Å². The number of rotatable bonds is 2. The molecule has 0 aliphatic carbocycles. The molecule has 0 aliphatic heterocycles. The number of hydrogen-bond acceptors (Lipinski definition) is 3. The highest BCUT2D eigenvalue weighted by molar-refractivity contribution is 5.86. The fourth-order valence-electron chi connectivity index (χ4n) is 0.679. The second-order valence-corrected chi connectivity index (χ2v) is 2.00. The third-order valence-corrected chi connectivity index (χ3v) is 1.13. The van der Waals surface area contributed by atoms with Crippen molar-refractivity contribution < 1.29 is 9.53 Å². The van der Waals surface area contributed by atoms with Crippen LogP contribution in [0.3, 0.4) is 0 Å². The molecule has 59 valence electrons. The Labute approximate surface area is 64.8 Å². The van der Waals surface area contributed by atoms with Crippen molar-refractivity contribution in [3.05, 3.63) is 18.0 Å². The van der Waals surface area contributed by atoms with Crippen molar-refractivity contribution in [2.75, 3.05) is 6.61 Å². The molecule has 0 atom stereocenters. The van der Waals surface area contributed by atoms with Crippen LogP contribution in [0, 0.1) is 6.20 Å². The number of ether oxygens (including phenoxy) is 1. The van der Waals surface area contributed by atoms with Crippen molar-refractivity contribution in [1.29, 1.82) is 0 Å². The van der Waals surface area contributed by atoms with Crippen LogP contribution < -0.4 is 0 Å². The van der Waals surface area contributed by atoms with Crippen molar-refractivity contribution in [3.8, 4) is 0 Å². The Hall–Kier alpha value is -1.32. The minimum absolute atomic E-state index is 0.300. The summed E-state index contributed by atoms with van der Waals surface area (Å²) in [6.45, 7) is 2.12. The van der Waals surface area contributed by atoms with Gasteiger partial charge in [-0.15, -0.1) is 0 Å². The zero-order valence-electron chi connectivity index (χ0n) is 6.50. The van der Waals surface area contributed by atoms with E-state index in [9.17, 15) is 4.79 Å². The van der Waals surface area contributed by atoms with Gasteiger partial charge in [0, 0.05) is 13.1 Å². The molecule has 0 unspecified atom stereocenters. The molecule has 0 saturated heterocycles. The lowest BCUT2D eigenvalue weighted by Gasteiger charge is -1.95. The van der Waals surface area contributed by atoms with Gasteiger partial charge >= 0.3 is 5.97 Å². The zero-order chi connectivity index (χ0) is 8.27. The SMILES string of the molecule is CCOC(=O)c1c[c]n(C)n1. The predicted octanol–water partition coefficient (Wildman–Crippen LogP) is 0.397. The quantitative estimate of drug-likeness (QED) is 0.577. The lowest BCUT2D eigenvalue weighted by Crippen LogP contribution is -2.05. The van der Waals surface area contributed by atoms with Crippen LogP contribution in [0.25, 0.3) is 0 Å². The zero-order valence-corrected chi connectivity index (χ0v) is 6.50. The minimum atomic E-state index is -0.399. The summed E-state index contributed by atoms with van der Waals surface area (Å²) >= 11 is 0. The third-order valence-electron chi connectivity index (χ3n) is 1.13. The smallest absolute Gasteiger partial charge is 0.358 e. The van der Waals surface area contributed by atoms with Crippen molar-refractivity contribution in [3.63, 3.8) is 0 Å². The first-order chi connectivity index (χ1) is 5.24. The molecule has 1 radical (unpaired) electrons. The van der Waals surface area contributed by atoms with Gasteiger partial charge in [-0.1, -0.05) is 0 Å². The van der Waals surface area contributed by atoms with E-state index in [1.54, 1.807) is 14.0 Å². The number of aryl methyl sites for hydroxylation is 1. The molecule has 0 N–H and O–H groups in total. The highest BCUT2D eigenvalue weighted by atomic mass is 16.5. The Bertz CT molecular complexity index is 255. The second kappa shape index (κ2) is 3.18. The van der Waals surface area contributed by atoms with E-state index in [2.05, 4.69) is 11.3 Å². The molecule has 1 aromatic rings. The Morgan fingerprint density at radius 3 is 3.09 bits per heavy atom. The molecule has 0 spiro atoms. The second-order valence-electron chi connectivity index (χ2n) is 2.00. The fourth-order valence-corrected chi connectivity index (χ4v) is 0.679. The third kappa shape index (κ3) is 1.80. The van der Waals surface area contributed by atoms with Crippen LogP contribution in [0.4, 0.5) is 0 Å². The molecular formula is C7H9N2O2. The number of carbonyl (C=O) groups excluding carboxylic acids is 1. The van der Waals surface area contributed by atoms with E-state index in [4.69, 9.17) is 4.74 Å². The Balaban J connectivity index is 2.69. The van der Waals surface area contributed by atoms with Crippen molar-refractivity contribution in [1.82, 2.24) is 9.78 Å². The molecular weight excluding hydrogens is 144 g/mol. The summed E-state index contributed by atoms with van der Waals surface area (Å²) in [5, 5.41) is 3.82. The summed E-state index contributed by atoms with van der Waals surface area (Å²) in [6, 6.07) is 1.50. The van der Waals surface area contributed by atoms with Crippen LogP contribution in [0.1, 0.15) is 17.4 Å². The van der Waals surface area contributed by atoms with Crippen LogP contribution in [0.5, 0.6) is 0 Å². The maximum Gasteiger partial charge on any atom is 0.358 e. The van der Waals surface area contributed by atoms with E-state index >= 15 is 0 Å². The molecule has 0 aromatic carbocycles. The normalized spacial score (nSPS) is 9.64. The molecule has 0 amide bonds. The largest absolute Gasteiger partial charge is 0.461 e. The number of esters is 1. The van der Waals surface area contributed by atoms with Gasteiger partial charge in [0.2, 0.25) is 0 Å². The van der Waals surface area contributed by atoms with Crippen molar-refractivity contribution in [2.45, 2.75) is 6.92 Å². The van der Waals surface area contributed by atoms with Crippen molar-refractivity contribution >= 4 is 5.97 Å². The van der Waals surface area contributed by atoms with Crippen LogP contribution in [-0.2, 0) is 11.8 Å². The van der Waals surface area contributed by atoms with Gasteiger partial charge in [0.15, 0.2) is 5.69 Å². The lowest BCUT2D eigenvalue weighted by molar-refractivity contribution is 0.0518. The average molecular weight is 153 g/mol. The molecule has 0 bridgehead atoms. The van der Waals surface area contributed by atoms with Gasteiger partial charge in [-0.25, -0.2) is 4.79 Å². The Morgan fingerprint density at radius 2 is 2.64 bits per heavy atom. The highest BCUT2D eigenvalue weighted by Gasteiger charge is 2.08. The van der Waals surface area contributed by atoms with Gasteiger partial charge in [-0.2, -0.15) is 5.10 Å². The summed E-state index contributed by atoms with van der Waals surface area (Å²) in [5.74, 6) is -0.399. The fraction of sp³-hybridized carbons (Fsp3) is 0.429.